The van der Waals surface area contributed by atoms with E-state index < -0.39 is 0 Å². The predicted molar refractivity (Wildman–Crippen MR) is 556 cm³/mol. The van der Waals surface area contributed by atoms with Crippen molar-refractivity contribution in [1.29, 1.82) is 0 Å². The maximum atomic E-state index is 13.6. The van der Waals surface area contributed by atoms with Gasteiger partial charge in [-0.1, -0.05) is 237 Å². The molecule has 0 saturated heterocycles. The van der Waals surface area contributed by atoms with E-state index in [4.69, 9.17) is 28.4 Å². The predicted octanol–water partition coefficient (Wildman–Crippen LogP) is 26.5. The van der Waals surface area contributed by atoms with Crippen LogP contribution >= 0.6 is 0 Å². The van der Waals surface area contributed by atoms with Gasteiger partial charge in [-0.2, -0.15) is 0 Å². The maximum Gasteiger partial charge on any atom is 0.270 e. The van der Waals surface area contributed by atoms with Gasteiger partial charge >= 0.3 is 0 Å². The van der Waals surface area contributed by atoms with Crippen LogP contribution in [0, 0.1) is 0 Å². The number of ether oxygens (including phenoxy) is 6. The van der Waals surface area contributed by atoms with Crippen LogP contribution in [-0.2, 0) is 19.5 Å². The topological polar surface area (TPSA) is 257 Å². The normalized spacial score (nSPS) is 12.0. The molecule has 3 heterocycles. The number of fused-ring (bicyclic) bond motifs is 6. The third kappa shape index (κ3) is 29.0. The number of carbonyl (C=O) groups excluding carboxylic acids is 6. The fraction of sp³-hybridized carbons (Fsp3) is 0.319. The summed E-state index contributed by atoms with van der Waals surface area (Å²) in [7, 11) is 0. The molecule has 3 atom stereocenters. The quantitative estimate of drug-likeness (QED) is 0.0175. The maximum absolute atomic E-state index is 13.6. The number of carbonyl (C=O) groups is 6. The van der Waals surface area contributed by atoms with E-state index in [9.17, 15) is 28.8 Å². The molecule has 0 aliphatic rings. The second-order valence-electron chi connectivity index (χ2n) is 36.4. The number of nitrogens with one attached hydrogen (secondary N) is 5. The Morgan fingerprint density at radius 2 is 0.475 bits per heavy atom. The summed E-state index contributed by atoms with van der Waals surface area (Å²) in [5, 5.41) is 27.8. The van der Waals surface area contributed by atoms with Gasteiger partial charge in [-0.15, -0.1) is 0 Å². The lowest BCUT2D eigenvalue weighted by atomic mass is 10.0. The first-order valence-electron chi connectivity index (χ1n) is 49.9. The molecule has 0 radical (unpaired) electrons. The van der Waals surface area contributed by atoms with Gasteiger partial charge < -0.3 is 55.0 Å². The monoisotopic (exact) mass is 1860 g/mol. The van der Waals surface area contributed by atoms with Gasteiger partial charge in [0.2, 0.25) is 0 Å². The van der Waals surface area contributed by atoms with E-state index >= 15 is 0 Å². The Labute approximate surface area is 815 Å². The number of amides is 5. The molecule has 12 aromatic carbocycles. The summed E-state index contributed by atoms with van der Waals surface area (Å²) in [6, 6.07) is 87.4. The average Bonchev–Trinajstić information content (AvgIpc) is 0.829. The number of ketones is 1. The number of aromatic nitrogens is 3. The Balaban J connectivity index is 0.399. The second-order valence-corrected chi connectivity index (χ2v) is 36.4. The number of hydrogen-bond acceptors (Lipinski definition) is 15. The van der Waals surface area contributed by atoms with Crippen molar-refractivity contribution in [3.8, 4) is 34.5 Å². The SMILES string of the molecule is CCCCCCOc1ccc2cc(CNC(=O)c3cccc(C(=O)NC(C)c4ccc5cc(OCCCCCCCCOc6ccc7cc(CNC(=O)c8cccc(C(=O)NC(C)c9ccc%10cc(OCCCCCCCCOc%11ccc%12cc(CCC(=O)c%13cccc(C(=O)NC(C)c%14ccc%15cc(OCCCCCC)ccc%15c%14)n%13)ccc%12c%11)ccc%10c9)n8)ccc7c6)ccc5c4)n3)ccc2c1. The number of pyridine rings is 3. The smallest absolute Gasteiger partial charge is 0.270 e. The highest BCUT2D eigenvalue weighted by Gasteiger charge is 2.22. The highest BCUT2D eigenvalue weighted by molar-refractivity contribution is 6.00. The molecule has 0 bridgehead atoms. The van der Waals surface area contributed by atoms with Crippen LogP contribution in [0.5, 0.6) is 34.5 Å². The summed E-state index contributed by atoms with van der Waals surface area (Å²) in [6.45, 7) is 14.8. The van der Waals surface area contributed by atoms with Crippen LogP contribution in [0.15, 0.2) is 273 Å². The molecule has 0 saturated carbocycles. The van der Waals surface area contributed by atoms with Gasteiger partial charge in [-0.05, 0) is 303 Å². The van der Waals surface area contributed by atoms with Crippen molar-refractivity contribution >= 4 is 100.0 Å². The Bertz CT molecular complexity index is 6760. The number of benzene rings is 12. The molecule has 0 aliphatic heterocycles. The minimum absolute atomic E-state index is 0.119. The van der Waals surface area contributed by atoms with Gasteiger partial charge in [0.25, 0.3) is 29.5 Å². The van der Waals surface area contributed by atoms with Crippen LogP contribution in [0.3, 0.4) is 0 Å². The molecule has 0 aliphatic carbocycles. The number of hydrogen-bond donors (Lipinski definition) is 5. The molecule has 3 aromatic heterocycles. The summed E-state index contributed by atoms with van der Waals surface area (Å²) in [6.07, 6.45) is 22.7. The first-order valence-corrected chi connectivity index (χ1v) is 49.9. The zero-order chi connectivity index (χ0) is 96.4. The standard InChI is InChI=1S/C119H128N8O12/c1-6-8-10-20-61-134-103-55-49-91-68-85(36-40-97(91)74-103)79-120-115(129)109-30-27-33-112(126-109)118(132)123-82(4)88-44-47-101-78-107(59-53-95(101)72-88)139-66-25-19-15-13-17-23-64-137-104-56-50-92-69-86(37-41-98(92)75-104)80-121-116(130)110-31-28-34-113(127-110)119(133)124-83(5)89-43-46-100-77-106(58-52-94(100)71-89)138-65-24-18-14-12-16-22-63-136-102-54-48-90-67-84(35-39-96(90)73-102)38-60-114(128)108-29-26-32-111(125-108)117(131)122-81(3)87-42-45-99-76-105(57-51-93(99)70-87)135-62-21-11-9-7-2/h26-37,39-59,67-78,81-83H,6-25,38,60-66,79-80H2,1-5H3,(H,120,129)(H,121,130)(H,122,131)(H,123,132)(H,124,133). The lowest BCUT2D eigenvalue weighted by molar-refractivity contribution is 0.0918. The van der Waals surface area contributed by atoms with E-state index in [0.29, 0.717) is 52.6 Å². The fourth-order valence-corrected chi connectivity index (χ4v) is 17.4. The number of Topliss-reactive ketones (excluding diaryl/α,β-unsaturated/α-hetero) is 1. The highest BCUT2D eigenvalue weighted by Crippen LogP contribution is 2.33. The van der Waals surface area contributed by atoms with Crippen LogP contribution in [0.2, 0.25) is 0 Å². The lowest BCUT2D eigenvalue weighted by Crippen LogP contribution is -2.29. The Hall–Kier alpha value is -14.5. The van der Waals surface area contributed by atoms with Crippen LogP contribution in [0.1, 0.15) is 284 Å². The fourth-order valence-electron chi connectivity index (χ4n) is 17.4. The zero-order valence-electron chi connectivity index (χ0n) is 80.7. The number of nitrogens with zero attached hydrogens (tertiary/aromatic N) is 3. The molecule has 5 amide bonds. The number of rotatable bonds is 53. The summed E-state index contributed by atoms with van der Waals surface area (Å²) in [5.74, 6) is 3.07. The largest absolute Gasteiger partial charge is 0.494 e. The van der Waals surface area contributed by atoms with E-state index in [1.165, 1.54) is 38.5 Å². The van der Waals surface area contributed by atoms with Crippen molar-refractivity contribution in [2.75, 3.05) is 39.6 Å². The zero-order valence-corrected chi connectivity index (χ0v) is 80.7. The molecular formula is C119H128N8O12. The van der Waals surface area contributed by atoms with Crippen LogP contribution in [0.25, 0.3) is 64.6 Å². The van der Waals surface area contributed by atoms with E-state index in [1.54, 1.807) is 54.6 Å². The average molecular weight is 1860 g/mol. The Morgan fingerprint density at radius 1 is 0.245 bits per heavy atom. The van der Waals surface area contributed by atoms with Gasteiger partial charge in [-0.25, -0.2) is 15.0 Å². The number of aryl methyl sites for hydroxylation is 1. The molecule has 0 spiro atoms. The third-order valence-electron chi connectivity index (χ3n) is 25.6. The molecule has 20 nitrogen and oxygen atoms in total. The summed E-state index contributed by atoms with van der Waals surface area (Å²) in [4.78, 5) is 94.2. The molecular weight excluding hydrogens is 1730 g/mol. The van der Waals surface area contributed by atoms with Crippen molar-refractivity contribution in [2.45, 2.75) is 207 Å². The third-order valence-corrected chi connectivity index (χ3v) is 25.6. The first kappa shape index (κ1) is 99.0. The van der Waals surface area contributed by atoms with Crippen molar-refractivity contribution in [1.82, 2.24) is 41.5 Å². The minimum atomic E-state index is -0.380. The first-order chi connectivity index (χ1) is 68.0. The molecule has 0 fully saturated rings. The van der Waals surface area contributed by atoms with Crippen LogP contribution in [0.4, 0.5) is 0 Å². The number of unbranched alkanes of at least 4 members (excludes halogenated alkanes) is 16. The summed E-state index contributed by atoms with van der Waals surface area (Å²) >= 11 is 0. The van der Waals surface area contributed by atoms with E-state index in [1.807, 2.05) is 142 Å². The van der Waals surface area contributed by atoms with E-state index in [2.05, 4.69) is 152 Å². The van der Waals surface area contributed by atoms with Gasteiger partial charge in [-0.3, -0.25) is 28.8 Å². The summed E-state index contributed by atoms with van der Waals surface area (Å²) < 4.78 is 36.7. The lowest BCUT2D eigenvalue weighted by Gasteiger charge is -2.15. The van der Waals surface area contributed by atoms with Crippen LogP contribution in [-0.4, -0.2) is 89.9 Å². The summed E-state index contributed by atoms with van der Waals surface area (Å²) in [5.41, 5.74) is 6.88. The van der Waals surface area contributed by atoms with Gasteiger partial charge in [0.1, 0.15) is 68.7 Å². The van der Waals surface area contributed by atoms with Crippen molar-refractivity contribution in [3.63, 3.8) is 0 Å². The van der Waals surface area contributed by atoms with Crippen molar-refractivity contribution in [3.05, 3.63) is 341 Å². The molecule has 20 heteroatoms. The van der Waals surface area contributed by atoms with Crippen molar-refractivity contribution in [2.24, 2.45) is 0 Å². The molecule has 3 unspecified atom stereocenters. The minimum Gasteiger partial charge on any atom is -0.494 e. The Morgan fingerprint density at radius 3 is 0.777 bits per heavy atom. The molecule has 15 rings (SSSR count). The molecule has 716 valence electrons. The second kappa shape index (κ2) is 50.5. The van der Waals surface area contributed by atoms with Crippen molar-refractivity contribution < 1.29 is 57.2 Å². The van der Waals surface area contributed by atoms with Gasteiger partial charge in [0.15, 0.2) is 5.78 Å². The van der Waals surface area contributed by atoms with E-state index in [0.717, 1.165) is 222 Å². The van der Waals surface area contributed by atoms with Crippen LogP contribution < -0.4 is 55.0 Å². The molecule has 5 N–H and O–H groups in total. The molecule has 139 heavy (non-hydrogen) atoms. The van der Waals surface area contributed by atoms with E-state index in [-0.39, 0.29) is 101 Å². The highest BCUT2D eigenvalue weighted by atomic mass is 16.5. The molecule has 15 aromatic rings. The Kier molecular flexibility index (Phi) is 36.0. The van der Waals surface area contributed by atoms with Gasteiger partial charge in [0, 0.05) is 19.5 Å². The van der Waals surface area contributed by atoms with Gasteiger partial charge in [0.05, 0.1) is 57.8 Å².